The summed E-state index contributed by atoms with van der Waals surface area (Å²) in [6.07, 6.45) is 1.33. The predicted molar refractivity (Wildman–Crippen MR) is 74.9 cm³/mol. The van der Waals surface area contributed by atoms with Gasteiger partial charge in [0.15, 0.2) is 0 Å². The summed E-state index contributed by atoms with van der Waals surface area (Å²) in [5, 5.41) is 3.45. The lowest BCUT2D eigenvalue weighted by Gasteiger charge is -2.32. The van der Waals surface area contributed by atoms with Gasteiger partial charge >= 0.3 is 0 Å². The van der Waals surface area contributed by atoms with Crippen molar-refractivity contribution in [1.29, 1.82) is 0 Å². The second-order valence-corrected chi connectivity index (χ2v) is 5.99. The first-order valence-electron chi connectivity index (χ1n) is 7.42. The molecule has 2 heterocycles. The zero-order chi connectivity index (χ0) is 13.0. The number of rotatable bonds is 5. The lowest BCUT2D eigenvalue weighted by molar-refractivity contribution is 0.0183. The van der Waals surface area contributed by atoms with Gasteiger partial charge < -0.3 is 15.0 Å². The molecule has 2 fully saturated rings. The van der Waals surface area contributed by atoms with E-state index in [-0.39, 0.29) is 0 Å². The third kappa shape index (κ3) is 3.67. The van der Waals surface area contributed by atoms with Crippen molar-refractivity contribution in [3.05, 3.63) is 0 Å². The molecule has 0 aromatic rings. The van der Waals surface area contributed by atoms with Gasteiger partial charge in [-0.3, -0.25) is 4.90 Å². The summed E-state index contributed by atoms with van der Waals surface area (Å²) in [4.78, 5) is 5.24. The molecule has 4 nitrogen and oxygen atoms in total. The first-order valence-corrected chi connectivity index (χ1v) is 7.42. The number of hydrogen-bond donors (Lipinski definition) is 1. The Labute approximate surface area is 112 Å². The Hall–Kier alpha value is -0.160. The van der Waals surface area contributed by atoms with Gasteiger partial charge in [-0.05, 0) is 25.9 Å². The number of nitrogens with zero attached hydrogens (tertiary/aromatic N) is 2. The Morgan fingerprint density at radius 3 is 2.56 bits per heavy atom. The molecule has 1 N–H and O–H groups in total. The molecule has 2 atom stereocenters. The molecule has 2 rings (SSSR count). The van der Waals surface area contributed by atoms with Crippen LogP contribution in [0.15, 0.2) is 0 Å². The van der Waals surface area contributed by atoms with Crippen molar-refractivity contribution in [2.45, 2.75) is 32.4 Å². The van der Waals surface area contributed by atoms with Crippen LogP contribution in [-0.2, 0) is 4.74 Å². The lowest BCUT2D eigenvalue weighted by atomic mass is 10.0. The van der Waals surface area contributed by atoms with Gasteiger partial charge in [-0.15, -0.1) is 0 Å². The predicted octanol–water partition coefficient (Wildman–Crippen LogP) is 0.637. The summed E-state index contributed by atoms with van der Waals surface area (Å²) in [6, 6.07) is 1.38. The molecule has 0 spiro atoms. The van der Waals surface area contributed by atoms with Crippen LogP contribution in [-0.4, -0.2) is 74.9 Å². The zero-order valence-corrected chi connectivity index (χ0v) is 12.2. The van der Waals surface area contributed by atoms with Crippen LogP contribution in [0.4, 0.5) is 0 Å². The van der Waals surface area contributed by atoms with Crippen molar-refractivity contribution in [2.75, 3.05) is 53.0 Å². The van der Waals surface area contributed by atoms with E-state index in [1.54, 1.807) is 0 Å². The van der Waals surface area contributed by atoms with E-state index in [0.717, 1.165) is 32.3 Å². The van der Waals surface area contributed by atoms with Gasteiger partial charge in [0.05, 0.1) is 13.2 Å². The van der Waals surface area contributed by atoms with Crippen LogP contribution in [0.5, 0.6) is 0 Å². The number of morpholine rings is 1. The Bertz CT molecular complexity index is 241. The van der Waals surface area contributed by atoms with E-state index >= 15 is 0 Å². The fourth-order valence-electron chi connectivity index (χ4n) is 3.13. The summed E-state index contributed by atoms with van der Waals surface area (Å²) < 4.78 is 5.43. The quantitative estimate of drug-likeness (QED) is 0.780. The molecule has 0 radical (unpaired) electrons. The van der Waals surface area contributed by atoms with Crippen molar-refractivity contribution in [3.8, 4) is 0 Å². The highest BCUT2D eigenvalue weighted by molar-refractivity contribution is 4.86. The normalized spacial score (nSPS) is 29.0. The smallest absolute Gasteiger partial charge is 0.0594 e. The monoisotopic (exact) mass is 255 g/mol. The summed E-state index contributed by atoms with van der Waals surface area (Å²) in [5.74, 6) is 0.706. The van der Waals surface area contributed by atoms with Crippen LogP contribution < -0.4 is 5.32 Å². The Balaban J connectivity index is 1.77. The highest BCUT2D eigenvalue weighted by atomic mass is 16.5. The van der Waals surface area contributed by atoms with E-state index < -0.39 is 0 Å². The van der Waals surface area contributed by atoms with Crippen molar-refractivity contribution >= 4 is 0 Å². The zero-order valence-electron chi connectivity index (χ0n) is 12.2. The van der Waals surface area contributed by atoms with Crippen LogP contribution in [0.2, 0.25) is 0 Å². The molecule has 2 saturated heterocycles. The van der Waals surface area contributed by atoms with Crippen molar-refractivity contribution in [2.24, 2.45) is 5.92 Å². The van der Waals surface area contributed by atoms with Crippen LogP contribution in [0.1, 0.15) is 20.3 Å². The third-order valence-corrected chi connectivity index (χ3v) is 4.44. The van der Waals surface area contributed by atoms with E-state index in [2.05, 4.69) is 36.0 Å². The van der Waals surface area contributed by atoms with Gasteiger partial charge in [0.2, 0.25) is 0 Å². The highest BCUT2D eigenvalue weighted by Gasteiger charge is 2.29. The number of ether oxygens (including phenoxy) is 1. The van der Waals surface area contributed by atoms with Gasteiger partial charge in [-0.2, -0.15) is 0 Å². The molecule has 106 valence electrons. The van der Waals surface area contributed by atoms with E-state index in [4.69, 9.17) is 4.74 Å². The molecule has 2 aliphatic heterocycles. The number of nitrogens with one attached hydrogen (secondary N) is 1. The van der Waals surface area contributed by atoms with E-state index in [9.17, 15) is 0 Å². The minimum Gasteiger partial charge on any atom is -0.379 e. The number of likely N-dealkylation sites (tertiary alicyclic amines) is 1. The summed E-state index contributed by atoms with van der Waals surface area (Å²) >= 11 is 0. The molecule has 2 aliphatic rings. The SMILES string of the molecule is CNC(CN1CCC(N2CCOCC2)C1)C(C)C. The second-order valence-electron chi connectivity index (χ2n) is 5.99. The maximum Gasteiger partial charge on any atom is 0.0594 e. The van der Waals surface area contributed by atoms with Crippen LogP contribution in [0, 0.1) is 5.92 Å². The van der Waals surface area contributed by atoms with Gasteiger partial charge in [0.25, 0.3) is 0 Å². The number of likely N-dealkylation sites (N-methyl/N-ethyl adjacent to an activating group) is 1. The first kappa shape index (κ1) is 14.3. The van der Waals surface area contributed by atoms with Crippen LogP contribution in [0.25, 0.3) is 0 Å². The van der Waals surface area contributed by atoms with Crippen LogP contribution in [0.3, 0.4) is 0 Å². The molecule has 0 aliphatic carbocycles. The average Bonchev–Trinajstić information content (AvgIpc) is 2.85. The molecular weight excluding hydrogens is 226 g/mol. The minimum atomic E-state index is 0.619. The summed E-state index contributed by atoms with van der Waals surface area (Å²) in [7, 11) is 2.08. The van der Waals surface area contributed by atoms with E-state index in [1.807, 2.05) is 0 Å². The van der Waals surface area contributed by atoms with Gasteiger partial charge in [0, 0.05) is 38.3 Å². The second kappa shape index (κ2) is 6.85. The maximum absolute atomic E-state index is 5.43. The minimum absolute atomic E-state index is 0.619. The van der Waals surface area contributed by atoms with Gasteiger partial charge in [0.1, 0.15) is 0 Å². The fourth-order valence-corrected chi connectivity index (χ4v) is 3.13. The van der Waals surface area contributed by atoms with E-state index in [1.165, 1.54) is 26.1 Å². The Kier molecular flexibility index (Phi) is 5.42. The molecule has 0 saturated carbocycles. The maximum atomic E-state index is 5.43. The first-order chi connectivity index (χ1) is 8.70. The topological polar surface area (TPSA) is 27.7 Å². The lowest BCUT2D eigenvalue weighted by Crippen LogP contribution is -2.46. The Morgan fingerprint density at radius 1 is 1.22 bits per heavy atom. The molecule has 0 aromatic carbocycles. The van der Waals surface area contributed by atoms with Crippen molar-refractivity contribution < 1.29 is 4.74 Å². The molecule has 0 amide bonds. The van der Waals surface area contributed by atoms with Crippen molar-refractivity contribution in [1.82, 2.24) is 15.1 Å². The number of hydrogen-bond acceptors (Lipinski definition) is 4. The third-order valence-electron chi connectivity index (χ3n) is 4.44. The standard InChI is InChI=1S/C14H29N3O/c1-12(2)14(15-3)11-16-5-4-13(10-16)17-6-8-18-9-7-17/h12-15H,4-11H2,1-3H3. The molecule has 18 heavy (non-hydrogen) atoms. The molecular formula is C14H29N3O. The Morgan fingerprint density at radius 2 is 1.94 bits per heavy atom. The highest BCUT2D eigenvalue weighted by Crippen LogP contribution is 2.18. The average molecular weight is 255 g/mol. The summed E-state index contributed by atoms with van der Waals surface area (Å²) in [6.45, 7) is 12.4. The molecule has 0 bridgehead atoms. The van der Waals surface area contributed by atoms with Gasteiger partial charge in [-0.1, -0.05) is 13.8 Å². The van der Waals surface area contributed by atoms with E-state index in [0.29, 0.717) is 12.0 Å². The molecule has 4 heteroatoms. The largest absolute Gasteiger partial charge is 0.379 e. The molecule has 0 aromatic heterocycles. The fraction of sp³-hybridized carbons (Fsp3) is 1.00. The molecule has 2 unspecified atom stereocenters. The van der Waals surface area contributed by atoms with Gasteiger partial charge in [-0.25, -0.2) is 0 Å². The van der Waals surface area contributed by atoms with Crippen molar-refractivity contribution in [3.63, 3.8) is 0 Å². The van der Waals surface area contributed by atoms with Crippen LogP contribution >= 0.6 is 0 Å². The summed E-state index contributed by atoms with van der Waals surface area (Å²) in [5.41, 5.74) is 0.